The molecule has 2 aromatic heterocycles. The monoisotopic (exact) mass is 304 g/mol. The molecule has 7 nitrogen and oxygen atoms in total. The van der Waals surface area contributed by atoms with E-state index >= 15 is 0 Å². The van der Waals surface area contributed by atoms with Crippen molar-refractivity contribution in [3.63, 3.8) is 0 Å². The fourth-order valence-electron chi connectivity index (χ4n) is 2.26. The number of aromatic nitrogens is 4. The Balaban J connectivity index is 1.97. The summed E-state index contributed by atoms with van der Waals surface area (Å²) in [6.45, 7) is 8.12. The standard InChI is InChI=1S/C15H24N6O/c1-6-10(2)21-11(3)7-14(19-21)18-15(22)17-12(4)13-8-16-20(5)9-13/h7-10,12H,6H2,1-5H3,(H2,17,18,19,22). The summed E-state index contributed by atoms with van der Waals surface area (Å²) in [6.07, 6.45) is 4.62. The average Bonchev–Trinajstić information content (AvgIpc) is 3.04. The number of nitrogens with zero attached hydrogens (tertiary/aromatic N) is 4. The highest BCUT2D eigenvalue weighted by Crippen LogP contribution is 2.17. The Morgan fingerprint density at radius 2 is 2.14 bits per heavy atom. The van der Waals surface area contributed by atoms with Crippen LogP contribution in [0.2, 0.25) is 0 Å². The van der Waals surface area contributed by atoms with Gasteiger partial charge in [0.2, 0.25) is 0 Å². The molecule has 7 heteroatoms. The molecule has 2 aromatic rings. The Labute approximate surface area is 130 Å². The van der Waals surface area contributed by atoms with Gasteiger partial charge in [0.05, 0.1) is 12.2 Å². The Morgan fingerprint density at radius 1 is 1.41 bits per heavy atom. The molecule has 0 aliphatic carbocycles. The molecule has 0 aromatic carbocycles. The summed E-state index contributed by atoms with van der Waals surface area (Å²) in [6, 6.07) is 1.80. The Morgan fingerprint density at radius 3 is 2.73 bits per heavy atom. The van der Waals surface area contributed by atoms with Gasteiger partial charge in [0.25, 0.3) is 0 Å². The third kappa shape index (κ3) is 3.66. The highest BCUT2D eigenvalue weighted by molar-refractivity contribution is 5.88. The molecule has 0 aliphatic rings. The smallest absolute Gasteiger partial charge is 0.320 e. The fourth-order valence-corrected chi connectivity index (χ4v) is 2.26. The van der Waals surface area contributed by atoms with E-state index in [1.807, 2.05) is 37.8 Å². The van der Waals surface area contributed by atoms with Gasteiger partial charge in [0, 0.05) is 36.6 Å². The van der Waals surface area contributed by atoms with E-state index < -0.39 is 0 Å². The topological polar surface area (TPSA) is 76.8 Å². The Kier molecular flexibility index (Phi) is 4.85. The van der Waals surface area contributed by atoms with Gasteiger partial charge in [0.1, 0.15) is 0 Å². The van der Waals surface area contributed by atoms with Crippen LogP contribution in [0.15, 0.2) is 18.5 Å². The summed E-state index contributed by atoms with van der Waals surface area (Å²) in [7, 11) is 1.85. The molecule has 2 rings (SSSR count). The highest BCUT2D eigenvalue weighted by Gasteiger charge is 2.14. The first kappa shape index (κ1) is 16.1. The first-order chi connectivity index (χ1) is 10.4. The van der Waals surface area contributed by atoms with Gasteiger partial charge in [0.15, 0.2) is 5.82 Å². The molecular weight excluding hydrogens is 280 g/mol. The molecule has 0 saturated heterocycles. The molecule has 2 amide bonds. The molecule has 2 atom stereocenters. The second-order valence-electron chi connectivity index (χ2n) is 5.64. The molecule has 0 radical (unpaired) electrons. The maximum atomic E-state index is 12.1. The molecule has 0 bridgehead atoms. The molecule has 120 valence electrons. The maximum absolute atomic E-state index is 12.1. The van der Waals surface area contributed by atoms with Crippen LogP contribution in [0.1, 0.15) is 50.5 Å². The quantitative estimate of drug-likeness (QED) is 0.891. The van der Waals surface area contributed by atoms with Crippen molar-refractivity contribution < 1.29 is 4.79 Å². The lowest BCUT2D eigenvalue weighted by Crippen LogP contribution is -2.31. The third-order valence-corrected chi connectivity index (χ3v) is 3.74. The largest absolute Gasteiger partial charge is 0.331 e. The minimum Gasteiger partial charge on any atom is -0.331 e. The van der Waals surface area contributed by atoms with Crippen LogP contribution in [0, 0.1) is 6.92 Å². The number of hydrogen-bond acceptors (Lipinski definition) is 3. The van der Waals surface area contributed by atoms with Gasteiger partial charge >= 0.3 is 6.03 Å². The number of carbonyl (C=O) groups is 1. The summed E-state index contributed by atoms with van der Waals surface area (Å²) in [5.41, 5.74) is 1.99. The number of hydrogen-bond donors (Lipinski definition) is 2. The van der Waals surface area contributed by atoms with Crippen molar-refractivity contribution in [1.29, 1.82) is 0 Å². The molecule has 0 saturated carbocycles. The van der Waals surface area contributed by atoms with E-state index in [-0.39, 0.29) is 12.1 Å². The number of rotatable bonds is 5. The van der Waals surface area contributed by atoms with Crippen LogP contribution in [0.5, 0.6) is 0 Å². The van der Waals surface area contributed by atoms with Crippen molar-refractivity contribution in [3.05, 3.63) is 29.7 Å². The predicted molar refractivity (Wildman–Crippen MR) is 85.7 cm³/mol. The Bertz CT molecular complexity index is 644. The number of aryl methyl sites for hydroxylation is 2. The molecule has 2 unspecified atom stereocenters. The van der Waals surface area contributed by atoms with Gasteiger partial charge < -0.3 is 5.32 Å². The number of amides is 2. The van der Waals surface area contributed by atoms with Crippen LogP contribution in [0.25, 0.3) is 0 Å². The summed E-state index contributed by atoms with van der Waals surface area (Å²) in [5, 5.41) is 14.2. The maximum Gasteiger partial charge on any atom is 0.320 e. The van der Waals surface area contributed by atoms with Gasteiger partial charge in [-0.2, -0.15) is 10.2 Å². The van der Waals surface area contributed by atoms with Crippen molar-refractivity contribution in [3.8, 4) is 0 Å². The lowest BCUT2D eigenvalue weighted by molar-refractivity contribution is 0.249. The average molecular weight is 304 g/mol. The lowest BCUT2D eigenvalue weighted by atomic mass is 10.2. The summed E-state index contributed by atoms with van der Waals surface area (Å²) >= 11 is 0. The van der Waals surface area contributed by atoms with E-state index in [0.29, 0.717) is 11.9 Å². The number of urea groups is 1. The third-order valence-electron chi connectivity index (χ3n) is 3.74. The Hall–Kier alpha value is -2.31. The van der Waals surface area contributed by atoms with Gasteiger partial charge in [-0.1, -0.05) is 6.92 Å². The zero-order valence-electron chi connectivity index (χ0n) is 13.8. The van der Waals surface area contributed by atoms with Crippen LogP contribution in [-0.2, 0) is 7.05 Å². The predicted octanol–water partition coefficient (Wildman–Crippen LogP) is 2.78. The fraction of sp³-hybridized carbons (Fsp3) is 0.533. The van der Waals surface area contributed by atoms with Crippen LogP contribution >= 0.6 is 0 Å². The molecular formula is C15H24N6O. The van der Waals surface area contributed by atoms with Gasteiger partial charge in [-0.3, -0.25) is 14.7 Å². The minimum atomic E-state index is -0.273. The van der Waals surface area contributed by atoms with Crippen molar-refractivity contribution in [2.75, 3.05) is 5.32 Å². The van der Waals surface area contributed by atoms with Crippen molar-refractivity contribution >= 4 is 11.8 Å². The SMILES string of the molecule is CCC(C)n1nc(NC(=O)NC(C)c2cnn(C)c2)cc1C. The second-order valence-corrected chi connectivity index (χ2v) is 5.64. The minimum absolute atomic E-state index is 0.119. The van der Waals surface area contributed by atoms with E-state index in [1.54, 1.807) is 10.9 Å². The van der Waals surface area contributed by atoms with Crippen LogP contribution in [-0.4, -0.2) is 25.6 Å². The van der Waals surface area contributed by atoms with Gasteiger partial charge in [-0.05, 0) is 27.2 Å². The highest BCUT2D eigenvalue weighted by atomic mass is 16.2. The lowest BCUT2D eigenvalue weighted by Gasteiger charge is -2.12. The molecule has 0 spiro atoms. The summed E-state index contributed by atoms with van der Waals surface area (Å²) in [4.78, 5) is 12.1. The van der Waals surface area contributed by atoms with Gasteiger partial charge in [-0.25, -0.2) is 4.79 Å². The number of carbonyl (C=O) groups excluding carboxylic acids is 1. The summed E-state index contributed by atoms with van der Waals surface area (Å²) < 4.78 is 3.64. The van der Waals surface area contributed by atoms with E-state index in [4.69, 9.17) is 0 Å². The van der Waals surface area contributed by atoms with Crippen molar-refractivity contribution in [2.24, 2.45) is 7.05 Å². The first-order valence-corrected chi connectivity index (χ1v) is 7.53. The number of nitrogens with one attached hydrogen (secondary N) is 2. The normalized spacial score (nSPS) is 13.7. The number of anilines is 1. The second kappa shape index (κ2) is 6.64. The van der Waals surface area contributed by atoms with E-state index in [1.165, 1.54) is 0 Å². The summed E-state index contributed by atoms with van der Waals surface area (Å²) in [5.74, 6) is 0.564. The molecule has 0 aliphatic heterocycles. The first-order valence-electron chi connectivity index (χ1n) is 7.53. The molecule has 2 N–H and O–H groups in total. The van der Waals surface area contributed by atoms with Crippen LogP contribution < -0.4 is 10.6 Å². The van der Waals surface area contributed by atoms with Crippen LogP contribution in [0.4, 0.5) is 10.6 Å². The molecule has 2 heterocycles. The van der Waals surface area contributed by atoms with Crippen molar-refractivity contribution in [1.82, 2.24) is 24.9 Å². The van der Waals surface area contributed by atoms with E-state index in [0.717, 1.165) is 17.7 Å². The van der Waals surface area contributed by atoms with E-state index in [2.05, 4.69) is 34.7 Å². The van der Waals surface area contributed by atoms with E-state index in [9.17, 15) is 4.79 Å². The van der Waals surface area contributed by atoms with Crippen LogP contribution in [0.3, 0.4) is 0 Å². The van der Waals surface area contributed by atoms with Gasteiger partial charge in [-0.15, -0.1) is 0 Å². The van der Waals surface area contributed by atoms with Crippen molar-refractivity contribution in [2.45, 2.75) is 46.2 Å². The molecule has 0 fully saturated rings. The zero-order chi connectivity index (χ0) is 16.3. The zero-order valence-corrected chi connectivity index (χ0v) is 13.8. The molecule has 22 heavy (non-hydrogen) atoms.